The highest BCUT2D eigenvalue weighted by Gasteiger charge is 2.14. The van der Waals surface area contributed by atoms with Gasteiger partial charge in [0.05, 0.1) is 0 Å². The molecule has 0 fully saturated rings. The second kappa shape index (κ2) is 6.85. The van der Waals surface area contributed by atoms with Crippen LogP contribution in [0.3, 0.4) is 0 Å². The fraction of sp³-hybridized carbons (Fsp3) is 0.0417. The lowest BCUT2D eigenvalue weighted by Crippen LogP contribution is -2.12. The molecular weight excluding hydrogens is 318 g/mol. The van der Waals surface area contributed by atoms with Gasteiger partial charge in [-0.3, -0.25) is 4.79 Å². The van der Waals surface area contributed by atoms with Crippen LogP contribution in [0.2, 0.25) is 0 Å². The first kappa shape index (κ1) is 16.1. The Morgan fingerprint density at radius 1 is 0.538 bits per heavy atom. The molecular formula is C24H19NO. The monoisotopic (exact) mass is 337 g/mol. The van der Waals surface area contributed by atoms with Crippen molar-refractivity contribution in [1.29, 1.82) is 0 Å². The van der Waals surface area contributed by atoms with E-state index in [4.69, 9.17) is 0 Å². The molecule has 0 aliphatic rings. The van der Waals surface area contributed by atoms with Crippen molar-refractivity contribution in [2.75, 3.05) is 0 Å². The van der Waals surface area contributed by atoms with Crippen LogP contribution in [0.4, 0.5) is 0 Å². The Hall–Kier alpha value is -3.39. The summed E-state index contributed by atoms with van der Waals surface area (Å²) in [5, 5.41) is 0. The molecule has 0 saturated carbocycles. The van der Waals surface area contributed by atoms with Crippen LogP contribution in [0.1, 0.15) is 0 Å². The third kappa shape index (κ3) is 2.98. The van der Waals surface area contributed by atoms with Gasteiger partial charge >= 0.3 is 0 Å². The maximum atomic E-state index is 13.3. The van der Waals surface area contributed by atoms with E-state index in [1.54, 1.807) is 0 Å². The lowest BCUT2D eigenvalue weighted by molar-refractivity contribution is 0.904. The zero-order valence-electron chi connectivity index (χ0n) is 14.6. The second-order valence-electron chi connectivity index (χ2n) is 6.36. The lowest BCUT2D eigenvalue weighted by atomic mass is 9.93. The molecule has 0 aliphatic carbocycles. The molecule has 0 unspecified atom stereocenters. The van der Waals surface area contributed by atoms with Crippen molar-refractivity contribution in [2.45, 2.75) is 0 Å². The molecule has 0 amide bonds. The van der Waals surface area contributed by atoms with Gasteiger partial charge in [-0.1, -0.05) is 84.9 Å². The molecule has 0 atom stereocenters. The van der Waals surface area contributed by atoms with E-state index in [-0.39, 0.29) is 5.43 Å². The smallest absolute Gasteiger partial charge is 0.197 e. The number of rotatable bonds is 3. The van der Waals surface area contributed by atoms with E-state index in [2.05, 4.69) is 18.2 Å². The SMILES string of the molecule is Cn1cc(-c2ccccc2)c(=O)c(-c2ccccc2-c2ccccc2)c1. The van der Waals surface area contributed by atoms with Crippen molar-refractivity contribution in [3.8, 4) is 33.4 Å². The third-order valence-electron chi connectivity index (χ3n) is 4.54. The van der Waals surface area contributed by atoms with Gasteiger partial charge < -0.3 is 4.57 Å². The average Bonchev–Trinajstić information content (AvgIpc) is 2.71. The van der Waals surface area contributed by atoms with Crippen molar-refractivity contribution in [3.63, 3.8) is 0 Å². The molecule has 3 aromatic carbocycles. The van der Waals surface area contributed by atoms with Crippen LogP contribution in [0.25, 0.3) is 33.4 Å². The molecule has 0 saturated heterocycles. The highest BCUT2D eigenvalue weighted by Crippen LogP contribution is 2.31. The number of aryl methyl sites for hydroxylation is 1. The number of nitrogens with zero attached hydrogens (tertiary/aromatic N) is 1. The molecule has 126 valence electrons. The van der Waals surface area contributed by atoms with Crippen LogP contribution in [0.15, 0.2) is 102 Å². The number of pyridine rings is 1. The highest BCUT2D eigenvalue weighted by atomic mass is 16.1. The zero-order chi connectivity index (χ0) is 17.9. The van der Waals surface area contributed by atoms with E-state index < -0.39 is 0 Å². The molecule has 1 aromatic heterocycles. The van der Waals surface area contributed by atoms with Crippen LogP contribution >= 0.6 is 0 Å². The minimum absolute atomic E-state index is 0.0534. The van der Waals surface area contributed by atoms with Crippen molar-refractivity contribution < 1.29 is 0 Å². The third-order valence-corrected chi connectivity index (χ3v) is 4.54. The molecule has 2 nitrogen and oxygen atoms in total. The first-order valence-electron chi connectivity index (χ1n) is 8.64. The van der Waals surface area contributed by atoms with E-state index in [9.17, 15) is 4.79 Å². The van der Waals surface area contributed by atoms with E-state index >= 15 is 0 Å². The molecule has 0 N–H and O–H groups in total. The highest BCUT2D eigenvalue weighted by molar-refractivity contribution is 5.84. The minimum atomic E-state index is 0.0534. The van der Waals surface area contributed by atoms with Crippen LogP contribution in [0.5, 0.6) is 0 Å². The van der Waals surface area contributed by atoms with E-state index in [0.29, 0.717) is 11.1 Å². The van der Waals surface area contributed by atoms with Crippen molar-refractivity contribution in [2.24, 2.45) is 7.05 Å². The van der Waals surface area contributed by atoms with Gasteiger partial charge in [-0.25, -0.2) is 0 Å². The van der Waals surface area contributed by atoms with Gasteiger partial charge in [-0.05, 0) is 22.3 Å². The van der Waals surface area contributed by atoms with Crippen LogP contribution in [-0.2, 0) is 7.05 Å². The molecule has 1 heterocycles. The minimum Gasteiger partial charge on any atom is -0.356 e. The van der Waals surface area contributed by atoms with Crippen LogP contribution in [-0.4, -0.2) is 4.57 Å². The molecule has 2 heteroatoms. The number of hydrogen-bond donors (Lipinski definition) is 0. The summed E-state index contributed by atoms with van der Waals surface area (Å²) in [6.45, 7) is 0. The molecule has 0 bridgehead atoms. The summed E-state index contributed by atoms with van der Waals surface area (Å²) in [5.74, 6) is 0. The Bertz CT molecular complexity index is 1100. The number of hydrogen-bond acceptors (Lipinski definition) is 1. The van der Waals surface area contributed by atoms with Gasteiger partial charge in [0.25, 0.3) is 0 Å². The predicted molar refractivity (Wildman–Crippen MR) is 108 cm³/mol. The Balaban J connectivity index is 1.96. The zero-order valence-corrected chi connectivity index (χ0v) is 14.6. The standard InChI is InChI=1S/C24H19NO/c1-25-16-22(19-12-6-3-7-13-19)24(26)23(17-25)21-15-9-8-14-20(21)18-10-4-2-5-11-18/h2-17H,1H3. The summed E-state index contributed by atoms with van der Waals surface area (Å²) in [6, 6.07) is 28.1. The lowest BCUT2D eigenvalue weighted by Gasteiger charge is -2.13. The fourth-order valence-corrected chi connectivity index (χ4v) is 3.31. The Morgan fingerprint density at radius 2 is 1.00 bits per heavy atom. The number of aromatic nitrogens is 1. The maximum Gasteiger partial charge on any atom is 0.197 e. The van der Waals surface area contributed by atoms with Gasteiger partial charge in [0.1, 0.15) is 0 Å². The number of benzene rings is 3. The Labute approximate surface area is 153 Å². The maximum absolute atomic E-state index is 13.3. The molecule has 0 radical (unpaired) electrons. The molecule has 0 spiro atoms. The summed E-state index contributed by atoms with van der Waals surface area (Å²) < 4.78 is 1.96. The van der Waals surface area contributed by atoms with E-state index in [0.717, 1.165) is 22.3 Å². The fourth-order valence-electron chi connectivity index (χ4n) is 3.31. The Morgan fingerprint density at radius 3 is 1.62 bits per heavy atom. The van der Waals surface area contributed by atoms with Crippen molar-refractivity contribution >= 4 is 0 Å². The van der Waals surface area contributed by atoms with E-state index in [1.807, 2.05) is 90.7 Å². The first-order chi connectivity index (χ1) is 12.7. The molecule has 0 aliphatic heterocycles. The normalized spacial score (nSPS) is 10.7. The van der Waals surface area contributed by atoms with Gasteiger partial charge in [-0.15, -0.1) is 0 Å². The van der Waals surface area contributed by atoms with Crippen LogP contribution < -0.4 is 5.43 Å². The van der Waals surface area contributed by atoms with E-state index in [1.165, 1.54) is 0 Å². The van der Waals surface area contributed by atoms with Crippen molar-refractivity contribution in [3.05, 3.63) is 108 Å². The second-order valence-corrected chi connectivity index (χ2v) is 6.36. The van der Waals surface area contributed by atoms with Gasteiger partial charge in [-0.2, -0.15) is 0 Å². The summed E-state index contributed by atoms with van der Waals surface area (Å²) >= 11 is 0. The van der Waals surface area contributed by atoms with Crippen LogP contribution in [0, 0.1) is 0 Å². The summed E-state index contributed by atoms with van der Waals surface area (Å²) in [5.41, 5.74) is 5.55. The van der Waals surface area contributed by atoms with Crippen molar-refractivity contribution in [1.82, 2.24) is 4.57 Å². The summed E-state index contributed by atoms with van der Waals surface area (Å²) in [7, 11) is 1.96. The Kier molecular flexibility index (Phi) is 4.24. The summed E-state index contributed by atoms with van der Waals surface area (Å²) in [4.78, 5) is 13.3. The largest absolute Gasteiger partial charge is 0.356 e. The predicted octanol–water partition coefficient (Wildman–Crippen LogP) is 5.39. The van der Waals surface area contributed by atoms with Gasteiger partial charge in [0.2, 0.25) is 0 Å². The molecule has 4 rings (SSSR count). The van der Waals surface area contributed by atoms with Gasteiger partial charge in [0.15, 0.2) is 5.43 Å². The quantitative estimate of drug-likeness (QED) is 0.491. The first-order valence-corrected chi connectivity index (χ1v) is 8.64. The topological polar surface area (TPSA) is 22.0 Å². The molecule has 26 heavy (non-hydrogen) atoms. The average molecular weight is 337 g/mol. The van der Waals surface area contributed by atoms with Gasteiger partial charge in [0, 0.05) is 30.6 Å². The summed E-state index contributed by atoms with van der Waals surface area (Å²) in [6.07, 6.45) is 3.81. The molecule has 4 aromatic rings.